The van der Waals surface area contributed by atoms with Gasteiger partial charge >= 0.3 is 0 Å². The third-order valence-electron chi connectivity index (χ3n) is 4.32. The number of carbonyl (C=O) groups is 1. The predicted octanol–water partition coefficient (Wildman–Crippen LogP) is 2.05. The van der Waals surface area contributed by atoms with Gasteiger partial charge in [-0.2, -0.15) is 5.10 Å². The van der Waals surface area contributed by atoms with E-state index in [-0.39, 0.29) is 12.5 Å². The quantitative estimate of drug-likeness (QED) is 0.718. The Kier molecular flexibility index (Phi) is 6.58. The molecule has 0 bridgehead atoms. The van der Waals surface area contributed by atoms with Crippen molar-refractivity contribution in [2.75, 3.05) is 6.54 Å². The second-order valence-electron chi connectivity index (χ2n) is 6.23. The number of aromatic nitrogens is 2. The first-order chi connectivity index (χ1) is 11.9. The van der Waals surface area contributed by atoms with Crippen LogP contribution in [0.15, 0.2) is 24.3 Å². The Morgan fingerprint density at radius 2 is 2.16 bits per heavy atom. The molecule has 6 nitrogen and oxygen atoms in total. The summed E-state index contributed by atoms with van der Waals surface area (Å²) in [4.78, 5) is 12.1. The number of benzene rings is 1. The van der Waals surface area contributed by atoms with E-state index in [9.17, 15) is 4.79 Å². The molecule has 0 aliphatic rings. The Labute approximate surface area is 148 Å². The summed E-state index contributed by atoms with van der Waals surface area (Å²) in [5, 5.41) is 16.5. The van der Waals surface area contributed by atoms with Gasteiger partial charge in [-0.05, 0) is 56.9 Å². The number of aliphatic hydroxyl groups is 1. The summed E-state index contributed by atoms with van der Waals surface area (Å²) in [6, 6.07) is 7.11. The lowest BCUT2D eigenvalue weighted by Gasteiger charge is -2.15. The van der Waals surface area contributed by atoms with E-state index in [2.05, 4.69) is 17.3 Å². The van der Waals surface area contributed by atoms with E-state index in [4.69, 9.17) is 9.84 Å². The molecule has 0 aliphatic carbocycles. The van der Waals surface area contributed by atoms with E-state index in [0.717, 1.165) is 24.1 Å². The fraction of sp³-hybridized carbons (Fsp3) is 0.474. The predicted molar refractivity (Wildman–Crippen MR) is 96.5 cm³/mol. The molecule has 1 amide bonds. The highest BCUT2D eigenvalue weighted by Gasteiger charge is 2.15. The van der Waals surface area contributed by atoms with Crippen molar-refractivity contribution in [3.05, 3.63) is 46.8 Å². The van der Waals surface area contributed by atoms with Gasteiger partial charge in [-0.15, -0.1) is 0 Å². The molecule has 25 heavy (non-hydrogen) atoms. The fourth-order valence-electron chi connectivity index (χ4n) is 2.77. The number of ether oxygens (including phenoxy) is 1. The van der Waals surface area contributed by atoms with Gasteiger partial charge in [-0.3, -0.25) is 9.48 Å². The number of nitrogens with one attached hydrogen (secondary N) is 1. The largest absolute Gasteiger partial charge is 0.481 e. The van der Waals surface area contributed by atoms with Crippen LogP contribution < -0.4 is 10.1 Å². The van der Waals surface area contributed by atoms with Crippen LogP contribution in [0.3, 0.4) is 0 Å². The van der Waals surface area contributed by atoms with E-state index >= 15 is 0 Å². The summed E-state index contributed by atoms with van der Waals surface area (Å²) >= 11 is 0. The third-order valence-corrected chi connectivity index (χ3v) is 4.32. The van der Waals surface area contributed by atoms with Gasteiger partial charge in [-0.25, -0.2) is 0 Å². The summed E-state index contributed by atoms with van der Waals surface area (Å²) < 4.78 is 7.53. The first-order valence-corrected chi connectivity index (χ1v) is 8.55. The highest BCUT2D eigenvalue weighted by molar-refractivity contribution is 5.80. The van der Waals surface area contributed by atoms with Gasteiger partial charge in [0, 0.05) is 19.3 Å². The van der Waals surface area contributed by atoms with Gasteiger partial charge in [0.25, 0.3) is 5.91 Å². The number of amides is 1. The lowest BCUT2D eigenvalue weighted by Crippen LogP contribution is -2.37. The zero-order valence-electron chi connectivity index (χ0n) is 15.4. The molecule has 2 rings (SSSR count). The molecule has 136 valence electrons. The first-order valence-electron chi connectivity index (χ1n) is 8.55. The average Bonchev–Trinajstić information content (AvgIpc) is 2.84. The second-order valence-corrected chi connectivity index (χ2v) is 6.23. The molecule has 0 aliphatic heterocycles. The molecule has 2 N–H and O–H groups in total. The number of hydrogen-bond acceptors (Lipinski definition) is 4. The normalized spacial score (nSPS) is 12.0. The van der Waals surface area contributed by atoms with Crippen molar-refractivity contribution in [1.82, 2.24) is 15.1 Å². The SMILES string of the molecule is Cc1nn(C)c(C)c1CCCNC(=O)C(C)Oc1cccc(CO)c1. The van der Waals surface area contributed by atoms with Crippen LogP contribution in [0.5, 0.6) is 5.75 Å². The molecule has 0 radical (unpaired) electrons. The molecule has 1 aromatic carbocycles. The van der Waals surface area contributed by atoms with Gasteiger partial charge in [0.15, 0.2) is 6.10 Å². The zero-order chi connectivity index (χ0) is 18.4. The minimum absolute atomic E-state index is 0.0506. The Hall–Kier alpha value is -2.34. The molecule has 0 spiro atoms. The van der Waals surface area contributed by atoms with Gasteiger partial charge < -0.3 is 15.2 Å². The van der Waals surface area contributed by atoms with Crippen LogP contribution in [0.1, 0.15) is 35.9 Å². The van der Waals surface area contributed by atoms with E-state index in [1.165, 1.54) is 11.3 Å². The molecule has 0 fully saturated rings. The maximum absolute atomic E-state index is 12.1. The zero-order valence-corrected chi connectivity index (χ0v) is 15.4. The first kappa shape index (κ1) is 19.0. The van der Waals surface area contributed by atoms with Crippen LogP contribution in [-0.4, -0.2) is 33.4 Å². The molecule has 0 saturated carbocycles. The van der Waals surface area contributed by atoms with Crippen LogP contribution in [0.2, 0.25) is 0 Å². The van der Waals surface area contributed by atoms with E-state index in [0.29, 0.717) is 12.3 Å². The second kappa shape index (κ2) is 8.67. The van der Waals surface area contributed by atoms with Crippen LogP contribution >= 0.6 is 0 Å². The lowest BCUT2D eigenvalue weighted by molar-refractivity contribution is -0.127. The topological polar surface area (TPSA) is 76.4 Å². The molecule has 2 aromatic rings. The van der Waals surface area contributed by atoms with Crippen LogP contribution in [0, 0.1) is 13.8 Å². The number of nitrogens with zero attached hydrogens (tertiary/aromatic N) is 2. The van der Waals surface area contributed by atoms with Crippen molar-refractivity contribution >= 4 is 5.91 Å². The van der Waals surface area contributed by atoms with E-state index in [1.807, 2.05) is 18.7 Å². The summed E-state index contributed by atoms with van der Waals surface area (Å²) in [7, 11) is 1.94. The molecule has 6 heteroatoms. The Balaban J connectivity index is 1.77. The van der Waals surface area contributed by atoms with Crippen molar-refractivity contribution in [3.63, 3.8) is 0 Å². The number of hydrogen-bond donors (Lipinski definition) is 2. The third kappa shape index (κ3) is 5.06. The summed E-state index contributed by atoms with van der Waals surface area (Å²) in [6.07, 6.45) is 1.15. The van der Waals surface area contributed by atoms with Gasteiger partial charge in [0.1, 0.15) is 5.75 Å². The van der Waals surface area contributed by atoms with Crippen molar-refractivity contribution in [2.24, 2.45) is 7.05 Å². The number of aryl methyl sites for hydroxylation is 2. The Bertz CT molecular complexity index is 725. The maximum atomic E-state index is 12.1. The molecule has 1 aromatic heterocycles. The summed E-state index contributed by atoms with van der Waals surface area (Å²) in [5.74, 6) is 0.435. The summed E-state index contributed by atoms with van der Waals surface area (Å²) in [6.45, 7) is 6.33. The van der Waals surface area contributed by atoms with Crippen molar-refractivity contribution < 1.29 is 14.6 Å². The van der Waals surface area contributed by atoms with Crippen molar-refractivity contribution in [3.8, 4) is 5.75 Å². The molecule has 1 unspecified atom stereocenters. The molecule has 0 saturated heterocycles. The minimum atomic E-state index is -0.587. The van der Waals surface area contributed by atoms with Crippen LogP contribution in [-0.2, 0) is 24.9 Å². The smallest absolute Gasteiger partial charge is 0.260 e. The average molecular weight is 345 g/mol. The standard InChI is InChI=1S/C19H27N3O3/c1-13-18(14(2)22(4)21-13)9-6-10-20-19(24)15(3)25-17-8-5-7-16(11-17)12-23/h5,7-8,11,15,23H,6,9-10,12H2,1-4H3,(H,20,24). The monoisotopic (exact) mass is 345 g/mol. The lowest BCUT2D eigenvalue weighted by atomic mass is 10.1. The van der Waals surface area contributed by atoms with E-state index < -0.39 is 6.10 Å². The van der Waals surface area contributed by atoms with Crippen molar-refractivity contribution in [1.29, 1.82) is 0 Å². The van der Waals surface area contributed by atoms with E-state index in [1.54, 1.807) is 31.2 Å². The number of aliphatic hydroxyl groups excluding tert-OH is 1. The summed E-state index contributed by atoms with van der Waals surface area (Å²) in [5.41, 5.74) is 4.23. The maximum Gasteiger partial charge on any atom is 0.260 e. The molecule has 1 atom stereocenters. The van der Waals surface area contributed by atoms with Gasteiger partial charge in [0.05, 0.1) is 12.3 Å². The Morgan fingerprint density at radius 1 is 1.40 bits per heavy atom. The van der Waals surface area contributed by atoms with Crippen molar-refractivity contribution in [2.45, 2.75) is 46.3 Å². The number of rotatable bonds is 8. The molecular formula is C19H27N3O3. The molecular weight excluding hydrogens is 318 g/mol. The van der Waals surface area contributed by atoms with Crippen LogP contribution in [0.25, 0.3) is 0 Å². The number of carbonyl (C=O) groups excluding carboxylic acids is 1. The fourth-order valence-corrected chi connectivity index (χ4v) is 2.77. The highest BCUT2D eigenvalue weighted by Crippen LogP contribution is 2.15. The highest BCUT2D eigenvalue weighted by atomic mass is 16.5. The van der Waals surface area contributed by atoms with Gasteiger partial charge in [-0.1, -0.05) is 12.1 Å². The minimum Gasteiger partial charge on any atom is -0.481 e. The Morgan fingerprint density at radius 3 is 2.80 bits per heavy atom. The van der Waals surface area contributed by atoms with Crippen LogP contribution in [0.4, 0.5) is 0 Å². The van der Waals surface area contributed by atoms with Gasteiger partial charge in [0.2, 0.25) is 0 Å². The molecule has 1 heterocycles.